The number of nitrogens with zero attached hydrogens (tertiary/aromatic N) is 1. The molecule has 2 aromatic carbocycles. The van der Waals surface area contributed by atoms with Crippen molar-refractivity contribution in [1.29, 1.82) is 0 Å². The predicted molar refractivity (Wildman–Crippen MR) is 112 cm³/mol. The summed E-state index contributed by atoms with van der Waals surface area (Å²) in [5.41, 5.74) is 3.28. The summed E-state index contributed by atoms with van der Waals surface area (Å²) >= 11 is 0. The standard InChI is InChI=1S/C23H29N3O/c1-5-8-17-11-13-18(14-12-17)21(15(2)3)24-16(4)22-25-20-10-7-6-9-19(20)23(27)26-22/h6-7,9-16,21,24H,5,8H2,1-4H3,(H,25,26,27)/t16-,21-/m0/s1. The third kappa shape index (κ3) is 4.45. The Bertz CT molecular complexity index is 944. The zero-order valence-corrected chi connectivity index (χ0v) is 16.6. The number of aromatic amines is 1. The van der Waals surface area contributed by atoms with E-state index in [0.29, 0.717) is 17.1 Å². The minimum absolute atomic E-state index is 0.0648. The fourth-order valence-corrected chi connectivity index (χ4v) is 3.51. The zero-order chi connectivity index (χ0) is 19.4. The maximum Gasteiger partial charge on any atom is 0.258 e. The molecule has 0 aliphatic heterocycles. The fourth-order valence-electron chi connectivity index (χ4n) is 3.51. The minimum atomic E-state index is -0.0886. The number of nitrogens with one attached hydrogen (secondary N) is 2. The molecule has 142 valence electrons. The summed E-state index contributed by atoms with van der Waals surface area (Å²) in [4.78, 5) is 20.0. The first kappa shape index (κ1) is 19.3. The maximum absolute atomic E-state index is 12.4. The second-order valence-electron chi connectivity index (χ2n) is 7.57. The van der Waals surface area contributed by atoms with Crippen LogP contribution in [0.25, 0.3) is 10.9 Å². The Labute approximate surface area is 161 Å². The summed E-state index contributed by atoms with van der Waals surface area (Å²) < 4.78 is 0. The van der Waals surface area contributed by atoms with E-state index in [1.807, 2.05) is 25.1 Å². The topological polar surface area (TPSA) is 57.8 Å². The lowest BCUT2D eigenvalue weighted by Crippen LogP contribution is -2.30. The molecule has 3 aromatic rings. The van der Waals surface area contributed by atoms with Gasteiger partial charge in [0, 0.05) is 6.04 Å². The Hall–Kier alpha value is -2.46. The second-order valence-corrected chi connectivity index (χ2v) is 7.57. The van der Waals surface area contributed by atoms with Gasteiger partial charge in [-0.2, -0.15) is 0 Å². The van der Waals surface area contributed by atoms with Crippen LogP contribution >= 0.6 is 0 Å². The summed E-state index contributed by atoms with van der Waals surface area (Å²) in [5.74, 6) is 1.09. The highest BCUT2D eigenvalue weighted by Gasteiger charge is 2.20. The number of hydrogen-bond donors (Lipinski definition) is 2. The molecule has 0 unspecified atom stereocenters. The van der Waals surface area contributed by atoms with Gasteiger partial charge < -0.3 is 10.3 Å². The highest BCUT2D eigenvalue weighted by Crippen LogP contribution is 2.25. The highest BCUT2D eigenvalue weighted by molar-refractivity contribution is 5.77. The minimum Gasteiger partial charge on any atom is -0.309 e. The van der Waals surface area contributed by atoms with E-state index in [0.717, 1.165) is 18.4 Å². The van der Waals surface area contributed by atoms with Gasteiger partial charge in [-0.05, 0) is 42.5 Å². The van der Waals surface area contributed by atoms with E-state index in [-0.39, 0.29) is 17.6 Å². The lowest BCUT2D eigenvalue weighted by Gasteiger charge is -2.27. The van der Waals surface area contributed by atoms with Gasteiger partial charge in [0.25, 0.3) is 5.56 Å². The number of hydrogen-bond acceptors (Lipinski definition) is 3. The van der Waals surface area contributed by atoms with Crippen LogP contribution in [0.5, 0.6) is 0 Å². The van der Waals surface area contributed by atoms with Crippen molar-refractivity contribution < 1.29 is 0 Å². The van der Waals surface area contributed by atoms with Gasteiger partial charge in [0.15, 0.2) is 0 Å². The van der Waals surface area contributed by atoms with E-state index in [1.54, 1.807) is 6.07 Å². The van der Waals surface area contributed by atoms with Gasteiger partial charge in [0.1, 0.15) is 5.82 Å². The first-order valence-corrected chi connectivity index (χ1v) is 9.83. The van der Waals surface area contributed by atoms with Crippen molar-refractivity contribution in [2.75, 3.05) is 0 Å². The number of aryl methyl sites for hydroxylation is 1. The largest absolute Gasteiger partial charge is 0.309 e. The molecule has 0 amide bonds. The van der Waals surface area contributed by atoms with E-state index in [9.17, 15) is 4.79 Å². The first-order valence-electron chi connectivity index (χ1n) is 9.83. The smallest absolute Gasteiger partial charge is 0.258 e. The third-order valence-corrected chi connectivity index (χ3v) is 5.02. The molecular weight excluding hydrogens is 334 g/mol. The van der Waals surface area contributed by atoms with Gasteiger partial charge in [-0.15, -0.1) is 0 Å². The van der Waals surface area contributed by atoms with Crippen LogP contribution in [-0.4, -0.2) is 9.97 Å². The summed E-state index contributed by atoms with van der Waals surface area (Å²) in [5, 5.41) is 4.29. The molecule has 1 aromatic heterocycles. The molecule has 27 heavy (non-hydrogen) atoms. The molecule has 0 saturated heterocycles. The number of rotatable bonds is 7. The number of fused-ring (bicyclic) bond motifs is 1. The lowest BCUT2D eigenvalue weighted by molar-refractivity contribution is 0.367. The number of H-pyrrole nitrogens is 1. The van der Waals surface area contributed by atoms with Crippen LogP contribution in [0.15, 0.2) is 53.3 Å². The summed E-state index contributed by atoms with van der Waals surface area (Å²) in [6.07, 6.45) is 2.27. The van der Waals surface area contributed by atoms with Gasteiger partial charge in [0.2, 0.25) is 0 Å². The number of aromatic nitrogens is 2. The molecular formula is C23H29N3O. The summed E-state index contributed by atoms with van der Waals surface area (Å²) in [6.45, 7) is 8.67. The van der Waals surface area contributed by atoms with Crippen LogP contribution in [0.2, 0.25) is 0 Å². The van der Waals surface area contributed by atoms with Gasteiger partial charge in [-0.25, -0.2) is 4.98 Å². The second kappa shape index (κ2) is 8.49. The van der Waals surface area contributed by atoms with Crippen molar-refractivity contribution in [3.8, 4) is 0 Å². The molecule has 4 heteroatoms. The SMILES string of the molecule is CCCc1ccc([C@@H](N[C@@H](C)c2nc3ccccc3c(=O)[nH]2)C(C)C)cc1. The molecule has 0 saturated carbocycles. The van der Waals surface area contributed by atoms with E-state index in [4.69, 9.17) is 0 Å². The molecule has 1 heterocycles. The van der Waals surface area contributed by atoms with Crippen molar-refractivity contribution >= 4 is 10.9 Å². The van der Waals surface area contributed by atoms with Gasteiger partial charge >= 0.3 is 0 Å². The van der Waals surface area contributed by atoms with Crippen molar-refractivity contribution in [3.63, 3.8) is 0 Å². The highest BCUT2D eigenvalue weighted by atomic mass is 16.1. The fraction of sp³-hybridized carbons (Fsp3) is 0.391. The predicted octanol–water partition coefficient (Wildman–Crippen LogP) is 4.92. The van der Waals surface area contributed by atoms with Gasteiger partial charge in [0.05, 0.1) is 16.9 Å². The average Bonchev–Trinajstić information content (AvgIpc) is 2.66. The Morgan fingerprint density at radius 2 is 1.74 bits per heavy atom. The van der Waals surface area contributed by atoms with Crippen LogP contribution < -0.4 is 10.9 Å². The zero-order valence-electron chi connectivity index (χ0n) is 16.6. The Morgan fingerprint density at radius 3 is 2.41 bits per heavy atom. The van der Waals surface area contributed by atoms with Gasteiger partial charge in [-0.1, -0.05) is 63.6 Å². The van der Waals surface area contributed by atoms with Crippen LogP contribution in [0.4, 0.5) is 0 Å². The lowest BCUT2D eigenvalue weighted by atomic mass is 9.94. The van der Waals surface area contributed by atoms with E-state index in [1.165, 1.54) is 11.1 Å². The first-order chi connectivity index (χ1) is 13.0. The summed E-state index contributed by atoms with van der Waals surface area (Å²) in [6, 6.07) is 16.4. The molecule has 2 N–H and O–H groups in total. The van der Waals surface area contributed by atoms with Gasteiger partial charge in [-0.3, -0.25) is 4.79 Å². The van der Waals surface area contributed by atoms with Crippen LogP contribution in [0.1, 0.15) is 63.2 Å². The Balaban J connectivity index is 1.85. The van der Waals surface area contributed by atoms with Crippen molar-refractivity contribution in [1.82, 2.24) is 15.3 Å². The maximum atomic E-state index is 12.4. The quantitative estimate of drug-likeness (QED) is 0.626. The molecule has 2 atom stereocenters. The molecule has 0 radical (unpaired) electrons. The van der Waals surface area contributed by atoms with Crippen LogP contribution in [-0.2, 0) is 6.42 Å². The molecule has 0 aliphatic rings. The Kier molecular flexibility index (Phi) is 6.07. The monoisotopic (exact) mass is 363 g/mol. The summed E-state index contributed by atoms with van der Waals surface area (Å²) in [7, 11) is 0. The van der Waals surface area contributed by atoms with E-state index < -0.39 is 0 Å². The van der Waals surface area contributed by atoms with Crippen molar-refractivity contribution in [3.05, 3.63) is 75.8 Å². The molecule has 0 bridgehead atoms. The Morgan fingerprint density at radius 1 is 1.04 bits per heavy atom. The molecule has 0 aliphatic carbocycles. The molecule has 4 nitrogen and oxygen atoms in total. The van der Waals surface area contributed by atoms with E-state index >= 15 is 0 Å². The van der Waals surface area contributed by atoms with Crippen molar-refractivity contribution in [2.24, 2.45) is 5.92 Å². The van der Waals surface area contributed by atoms with E-state index in [2.05, 4.69) is 60.3 Å². The molecule has 0 fully saturated rings. The average molecular weight is 364 g/mol. The normalized spacial score (nSPS) is 13.8. The molecule has 0 spiro atoms. The van der Waals surface area contributed by atoms with Crippen molar-refractivity contribution in [2.45, 2.75) is 52.6 Å². The number of benzene rings is 2. The van der Waals surface area contributed by atoms with Crippen LogP contribution in [0, 0.1) is 5.92 Å². The molecule has 3 rings (SSSR count). The number of para-hydroxylation sites is 1. The van der Waals surface area contributed by atoms with Crippen LogP contribution in [0.3, 0.4) is 0 Å². The third-order valence-electron chi connectivity index (χ3n) is 5.02.